The fourth-order valence-electron chi connectivity index (χ4n) is 1.66. The van der Waals surface area contributed by atoms with Crippen LogP contribution in [0.1, 0.15) is 26.7 Å². The first kappa shape index (κ1) is 10.7. The molecule has 1 aliphatic heterocycles. The van der Waals surface area contributed by atoms with Crippen molar-refractivity contribution in [2.75, 3.05) is 6.61 Å². The molecule has 1 heterocycles. The summed E-state index contributed by atoms with van der Waals surface area (Å²) in [6.45, 7) is 7.46. The third-order valence-electron chi connectivity index (χ3n) is 2.06. The Balaban J connectivity index is 2.54. The van der Waals surface area contributed by atoms with E-state index in [2.05, 4.69) is 6.58 Å². The summed E-state index contributed by atoms with van der Waals surface area (Å²) in [6.07, 6.45) is 3.41. The van der Waals surface area contributed by atoms with Crippen molar-refractivity contribution in [2.24, 2.45) is 0 Å². The van der Waals surface area contributed by atoms with E-state index in [1.807, 2.05) is 19.9 Å². The average Bonchev–Trinajstić information content (AvgIpc) is 2.02. The normalized spacial score (nSPS) is 32.8. The number of rotatable bonds is 3. The van der Waals surface area contributed by atoms with Gasteiger partial charge in [0.2, 0.25) is 0 Å². The molecule has 0 bridgehead atoms. The quantitative estimate of drug-likeness (QED) is 0.678. The van der Waals surface area contributed by atoms with Crippen LogP contribution >= 0.6 is 0 Å². The van der Waals surface area contributed by atoms with E-state index in [4.69, 9.17) is 14.6 Å². The zero-order chi connectivity index (χ0) is 9.90. The first-order chi connectivity index (χ1) is 6.07. The lowest BCUT2D eigenvalue weighted by Gasteiger charge is -2.40. The Hall–Kier alpha value is -0.380. The van der Waals surface area contributed by atoms with E-state index in [1.165, 1.54) is 0 Å². The zero-order valence-electron chi connectivity index (χ0n) is 8.32. The van der Waals surface area contributed by atoms with Gasteiger partial charge in [0.25, 0.3) is 0 Å². The third kappa shape index (κ3) is 3.10. The molecule has 3 nitrogen and oxygen atoms in total. The average molecular weight is 186 g/mol. The molecule has 2 atom stereocenters. The maximum absolute atomic E-state index is 9.00. The minimum Gasteiger partial charge on any atom is -0.394 e. The Kier molecular flexibility index (Phi) is 3.47. The Morgan fingerprint density at radius 2 is 2.08 bits per heavy atom. The first-order valence-electron chi connectivity index (χ1n) is 4.65. The fraction of sp³-hybridized carbons (Fsp3) is 0.800. The van der Waals surface area contributed by atoms with Crippen LogP contribution in [-0.2, 0) is 9.47 Å². The molecule has 0 aromatic rings. The second kappa shape index (κ2) is 4.22. The van der Waals surface area contributed by atoms with Gasteiger partial charge in [-0.15, -0.1) is 6.58 Å². The van der Waals surface area contributed by atoms with Crippen molar-refractivity contribution in [3.63, 3.8) is 0 Å². The topological polar surface area (TPSA) is 38.7 Å². The van der Waals surface area contributed by atoms with Gasteiger partial charge in [-0.2, -0.15) is 0 Å². The van der Waals surface area contributed by atoms with Gasteiger partial charge in [0.1, 0.15) is 0 Å². The van der Waals surface area contributed by atoms with Crippen molar-refractivity contribution in [1.29, 1.82) is 0 Å². The van der Waals surface area contributed by atoms with Crippen LogP contribution in [0.3, 0.4) is 0 Å². The van der Waals surface area contributed by atoms with Gasteiger partial charge in [0, 0.05) is 6.42 Å². The monoisotopic (exact) mass is 186 g/mol. The molecule has 1 rings (SSSR count). The second-order valence-corrected chi connectivity index (χ2v) is 3.82. The Morgan fingerprint density at radius 1 is 1.46 bits per heavy atom. The van der Waals surface area contributed by atoms with Crippen molar-refractivity contribution >= 4 is 0 Å². The minimum atomic E-state index is -0.584. The van der Waals surface area contributed by atoms with Crippen molar-refractivity contribution in [2.45, 2.75) is 44.7 Å². The van der Waals surface area contributed by atoms with E-state index in [1.54, 1.807) is 0 Å². The summed E-state index contributed by atoms with van der Waals surface area (Å²) in [4.78, 5) is 0. The summed E-state index contributed by atoms with van der Waals surface area (Å²) in [6, 6.07) is 0. The maximum Gasteiger partial charge on any atom is 0.163 e. The predicted molar refractivity (Wildman–Crippen MR) is 50.3 cm³/mol. The molecule has 76 valence electrons. The SMILES string of the molecule is C=CC[C@H]1C[C@@H](CO)OC(C)(C)O1. The summed E-state index contributed by atoms with van der Waals surface area (Å²) in [7, 11) is 0. The van der Waals surface area contributed by atoms with Gasteiger partial charge in [0.15, 0.2) is 5.79 Å². The van der Waals surface area contributed by atoms with E-state index in [9.17, 15) is 0 Å². The molecule has 3 heteroatoms. The molecular weight excluding hydrogens is 168 g/mol. The molecule has 0 amide bonds. The Labute approximate surface area is 79.3 Å². The van der Waals surface area contributed by atoms with E-state index in [-0.39, 0.29) is 18.8 Å². The highest BCUT2D eigenvalue weighted by Crippen LogP contribution is 2.27. The summed E-state index contributed by atoms with van der Waals surface area (Å²) in [5.41, 5.74) is 0. The number of aliphatic hydroxyl groups excluding tert-OH is 1. The van der Waals surface area contributed by atoms with Crippen LogP contribution < -0.4 is 0 Å². The van der Waals surface area contributed by atoms with Gasteiger partial charge in [-0.3, -0.25) is 0 Å². The van der Waals surface area contributed by atoms with Gasteiger partial charge in [0.05, 0.1) is 18.8 Å². The highest BCUT2D eigenvalue weighted by atomic mass is 16.7. The fourth-order valence-corrected chi connectivity index (χ4v) is 1.66. The Morgan fingerprint density at radius 3 is 2.62 bits per heavy atom. The van der Waals surface area contributed by atoms with E-state index < -0.39 is 5.79 Å². The van der Waals surface area contributed by atoms with Crippen molar-refractivity contribution in [3.05, 3.63) is 12.7 Å². The highest BCUT2D eigenvalue weighted by Gasteiger charge is 2.34. The third-order valence-corrected chi connectivity index (χ3v) is 2.06. The molecule has 0 aromatic carbocycles. The van der Waals surface area contributed by atoms with Gasteiger partial charge in [-0.25, -0.2) is 0 Å². The maximum atomic E-state index is 9.00. The lowest BCUT2D eigenvalue weighted by molar-refractivity contribution is -0.302. The summed E-state index contributed by atoms with van der Waals surface area (Å²) in [5.74, 6) is -0.584. The smallest absolute Gasteiger partial charge is 0.163 e. The van der Waals surface area contributed by atoms with E-state index in [0.29, 0.717) is 0 Å². The molecule has 0 unspecified atom stereocenters. The molecule has 13 heavy (non-hydrogen) atoms. The molecule has 0 aliphatic carbocycles. The summed E-state index contributed by atoms with van der Waals surface area (Å²) < 4.78 is 11.1. The van der Waals surface area contributed by atoms with Crippen molar-refractivity contribution < 1.29 is 14.6 Å². The van der Waals surface area contributed by atoms with Crippen LogP contribution in [-0.4, -0.2) is 29.7 Å². The van der Waals surface area contributed by atoms with Crippen LogP contribution in [0.4, 0.5) is 0 Å². The van der Waals surface area contributed by atoms with Gasteiger partial charge < -0.3 is 14.6 Å². The predicted octanol–water partition coefficient (Wildman–Crippen LogP) is 1.46. The molecule has 0 radical (unpaired) electrons. The first-order valence-corrected chi connectivity index (χ1v) is 4.65. The number of hydrogen-bond donors (Lipinski definition) is 1. The van der Waals surface area contributed by atoms with Gasteiger partial charge in [-0.1, -0.05) is 6.08 Å². The highest BCUT2D eigenvalue weighted by molar-refractivity contribution is 4.81. The standard InChI is InChI=1S/C10H18O3/c1-4-5-8-6-9(7-11)13-10(2,3)12-8/h4,8-9,11H,1,5-7H2,2-3H3/t8-,9-/m0/s1. The summed E-state index contributed by atoms with van der Waals surface area (Å²) in [5, 5.41) is 9.00. The van der Waals surface area contributed by atoms with E-state index in [0.717, 1.165) is 12.8 Å². The van der Waals surface area contributed by atoms with Crippen LogP contribution in [0.2, 0.25) is 0 Å². The molecule has 1 saturated heterocycles. The minimum absolute atomic E-state index is 0.0560. The van der Waals surface area contributed by atoms with Crippen LogP contribution in [0.15, 0.2) is 12.7 Å². The lowest BCUT2D eigenvalue weighted by Crippen LogP contribution is -2.45. The molecule has 0 spiro atoms. The number of hydrogen-bond acceptors (Lipinski definition) is 3. The van der Waals surface area contributed by atoms with Crippen LogP contribution in [0, 0.1) is 0 Å². The van der Waals surface area contributed by atoms with Crippen LogP contribution in [0.5, 0.6) is 0 Å². The molecular formula is C10H18O3. The van der Waals surface area contributed by atoms with Crippen molar-refractivity contribution in [3.8, 4) is 0 Å². The molecule has 1 aliphatic rings. The zero-order valence-corrected chi connectivity index (χ0v) is 8.32. The van der Waals surface area contributed by atoms with Gasteiger partial charge >= 0.3 is 0 Å². The largest absolute Gasteiger partial charge is 0.394 e. The van der Waals surface area contributed by atoms with Crippen LogP contribution in [0.25, 0.3) is 0 Å². The summed E-state index contributed by atoms with van der Waals surface area (Å²) >= 11 is 0. The van der Waals surface area contributed by atoms with Crippen molar-refractivity contribution in [1.82, 2.24) is 0 Å². The molecule has 0 saturated carbocycles. The number of aliphatic hydroxyl groups is 1. The second-order valence-electron chi connectivity index (χ2n) is 3.82. The molecule has 0 aromatic heterocycles. The van der Waals surface area contributed by atoms with E-state index >= 15 is 0 Å². The van der Waals surface area contributed by atoms with Gasteiger partial charge in [-0.05, 0) is 20.3 Å². The molecule has 1 fully saturated rings. The number of ether oxygens (including phenoxy) is 2. The Bertz CT molecular complexity index is 177. The molecule has 1 N–H and O–H groups in total. The lowest BCUT2D eigenvalue weighted by atomic mass is 10.1.